The van der Waals surface area contributed by atoms with Crippen molar-refractivity contribution in [2.75, 3.05) is 0 Å². The molecule has 0 saturated heterocycles. The third-order valence-corrected chi connectivity index (χ3v) is 5.24. The smallest absolute Gasteiger partial charge is 0.143 e. The van der Waals surface area contributed by atoms with E-state index < -0.39 is 0 Å². The summed E-state index contributed by atoms with van der Waals surface area (Å²) < 4.78 is 0. The molecule has 0 aromatic carbocycles. The van der Waals surface area contributed by atoms with E-state index in [1.165, 1.54) is 21.6 Å². The summed E-state index contributed by atoms with van der Waals surface area (Å²) in [5.41, 5.74) is 0. The monoisotopic (exact) mass is 220 g/mol. The molecule has 0 amide bonds. The lowest BCUT2D eigenvalue weighted by molar-refractivity contribution is -0.117. The fraction of sp³-hybridized carbons (Fsp3) is 0.778. The normalized spacial score (nSPS) is 15.1. The first-order valence-corrected chi connectivity index (χ1v) is 6.59. The van der Waals surface area contributed by atoms with Crippen LogP contribution >= 0.6 is 21.6 Å². The van der Waals surface area contributed by atoms with Crippen LogP contribution in [0, 0.1) is 0 Å². The number of rotatable bonds is 6. The zero-order valence-electron chi connectivity index (χ0n) is 8.49. The predicted molar refractivity (Wildman–Crippen MR) is 60.1 cm³/mol. The fourth-order valence-electron chi connectivity index (χ4n) is 0.641. The van der Waals surface area contributed by atoms with Crippen LogP contribution < -0.4 is 0 Å². The molecule has 4 heteroatoms. The van der Waals surface area contributed by atoms with Crippen molar-refractivity contribution < 1.29 is 9.59 Å². The summed E-state index contributed by atoms with van der Waals surface area (Å²) in [6.45, 7) is 7.03. The van der Waals surface area contributed by atoms with Crippen LogP contribution in [0.2, 0.25) is 0 Å². The maximum Gasteiger partial charge on any atom is 0.143 e. The molecule has 0 aromatic heterocycles. The topological polar surface area (TPSA) is 34.1 Å². The number of hydrogen-bond acceptors (Lipinski definition) is 4. The van der Waals surface area contributed by atoms with Gasteiger partial charge in [-0.1, -0.05) is 28.5 Å². The molecule has 2 atom stereocenters. The summed E-state index contributed by atoms with van der Waals surface area (Å²) in [5, 5.41) is 0.0187. The molecular formula is C9H16O2S2. The predicted octanol–water partition coefficient (Wildman–Crippen LogP) is 2.71. The first-order chi connectivity index (χ1) is 5.99. The number of carbonyl (C=O) groups is 2. The Labute approximate surface area is 87.6 Å². The van der Waals surface area contributed by atoms with Gasteiger partial charge in [0, 0.05) is 0 Å². The first-order valence-electron chi connectivity index (χ1n) is 4.32. The third kappa shape index (κ3) is 5.37. The minimum absolute atomic E-state index is 0.0154. The Hall–Kier alpha value is 0.0400. The Morgan fingerprint density at radius 2 is 1.69 bits per heavy atom. The van der Waals surface area contributed by atoms with Crippen molar-refractivity contribution >= 4 is 33.2 Å². The van der Waals surface area contributed by atoms with Gasteiger partial charge in [-0.15, -0.1) is 0 Å². The summed E-state index contributed by atoms with van der Waals surface area (Å²) >= 11 is 0. The van der Waals surface area contributed by atoms with Gasteiger partial charge >= 0.3 is 0 Å². The van der Waals surface area contributed by atoms with E-state index in [4.69, 9.17) is 0 Å². The molecule has 0 aliphatic rings. The molecule has 0 radical (unpaired) electrons. The number of carbonyl (C=O) groups excluding carboxylic acids is 2. The maximum atomic E-state index is 11.0. The molecule has 0 saturated carbocycles. The van der Waals surface area contributed by atoms with Gasteiger partial charge in [-0.05, 0) is 27.2 Å². The lowest BCUT2D eigenvalue weighted by Crippen LogP contribution is -2.13. The van der Waals surface area contributed by atoms with Gasteiger partial charge in [0.15, 0.2) is 0 Å². The molecule has 0 bridgehead atoms. The maximum absolute atomic E-state index is 11.0. The highest BCUT2D eigenvalue weighted by Crippen LogP contribution is 2.33. The Bertz CT molecular complexity index is 192. The van der Waals surface area contributed by atoms with Crippen LogP contribution in [-0.2, 0) is 9.59 Å². The van der Waals surface area contributed by atoms with E-state index in [9.17, 15) is 9.59 Å². The zero-order chi connectivity index (χ0) is 10.4. The standard InChI is InChI=1S/C9H16O2S2/c1-5-9(7(3)11)13-12-8(4)6(2)10/h8-9H,5H2,1-4H3. The second-order valence-corrected chi connectivity index (χ2v) is 5.77. The van der Waals surface area contributed by atoms with Crippen LogP contribution in [0.3, 0.4) is 0 Å². The lowest BCUT2D eigenvalue weighted by Gasteiger charge is -2.12. The molecule has 0 aliphatic carbocycles. The number of Topliss-reactive ketones (excluding diaryl/α,β-unsaturated/α-hetero) is 2. The van der Waals surface area contributed by atoms with E-state index in [0.717, 1.165) is 6.42 Å². The highest BCUT2D eigenvalue weighted by molar-refractivity contribution is 8.77. The highest BCUT2D eigenvalue weighted by Gasteiger charge is 2.16. The zero-order valence-corrected chi connectivity index (χ0v) is 10.1. The molecular weight excluding hydrogens is 204 g/mol. The first kappa shape index (κ1) is 13.0. The van der Waals surface area contributed by atoms with Crippen molar-refractivity contribution in [3.63, 3.8) is 0 Å². The highest BCUT2D eigenvalue weighted by atomic mass is 33.1. The molecule has 13 heavy (non-hydrogen) atoms. The van der Waals surface area contributed by atoms with Gasteiger partial charge in [-0.2, -0.15) is 0 Å². The van der Waals surface area contributed by atoms with Gasteiger partial charge in [-0.3, -0.25) is 9.59 Å². The van der Waals surface area contributed by atoms with Crippen molar-refractivity contribution in [2.45, 2.75) is 44.6 Å². The molecule has 0 rings (SSSR count). The van der Waals surface area contributed by atoms with Crippen molar-refractivity contribution in [3.05, 3.63) is 0 Å². The molecule has 2 nitrogen and oxygen atoms in total. The Morgan fingerprint density at radius 1 is 1.15 bits per heavy atom. The third-order valence-electron chi connectivity index (χ3n) is 1.71. The van der Waals surface area contributed by atoms with Crippen LogP contribution in [0.5, 0.6) is 0 Å². The molecule has 0 heterocycles. The molecule has 76 valence electrons. The van der Waals surface area contributed by atoms with Crippen LogP contribution in [-0.4, -0.2) is 22.1 Å². The number of hydrogen-bond donors (Lipinski definition) is 0. The number of ketones is 2. The van der Waals surface area contributed by atoms with Crippen molar-refractivity contribution in [1.29, 1.82) is 0 Å². The Balaban J connectivity index is 3.85. The van der Waals surface area contributed by atoms with Crippen LogP contribution in [0.25, 0.3) is 0 Å². The summed E-state index contributed by atoms with van der Waals surface area (Å²) in [4.78, 5) is 21.9. The van der Waals surface area contributed by atoms with E-state index in [0.29, 0.717) is 0 Å². The largest absolute Gasteiger partial charge is 0.299 e. The second kappa shape index (κ2) is 6.49. The molecule has 0 fully saturated rings. The van der Waals surface area contributed by atoms with Crippen molar-refractivity contribution in [1.82, 2.24) is 0 Å². The molecule has 2 unspecified atom stereocenters. The van der Waals surface area contributed by atoms with Crippen LogP contribution in [0.15, 0.2) is 0 Å². The minimum atomic E-state index is -0.0154. The summed E-state index contributed by atoms with van der Waals surface area (Å²) in [6.07, 6.45) is 0.831. The fourth-order valence-corrected chi connectivity index (χ4v) is 3.47. The summed E-state index contributed by atoms with van der Waals surface area (Å²) in [6, 6.07) is 0. The molecule has 0 spiro atoms. The van der Waals surface area contributed by atoms with Gasteiger partial charge in [0.2, 0.25) is 0 Å². The van der Waals surface area contributed by atoms with E-state index >= 15 is 0 Å². The van der Waals surface area contributed by atoms with Crippen LogP contribution in [0.1, 0.15) is 34.1 Å². The SMILES string of the molecule is CCC(SSC(C)C(C)=O)C(C)=O. The Kier molecular flexibility index (Phi) is 6.51. The summed E-state index contributed by atoms with van der Waals surface area (Å²) in [7, 11) is 3.00. The molecule has 0 aromatic rings. The van der Waals surface area contributed by atoms with E-state index in [1.54, 1.807) is 13.8 Å². The molecule has 0 N–H and O–H groups in total. The van der Waals surface area contributed by atoms with E-state index in [1.807, 2.05) is 13.8 Å². The van der Waals surface area contributed by atoms with E-state index in [-0.39, 0.29) is 22.1 Å². The van der Waals surface area contributed by atoms with Gasteiger partial charge < -0.3 is 0 Å². The van der Waals surface area contributed by atoms with Crippen molar-refractivity contribution in [2.24, 2.45) is 0 Å². The summed E-state index contributed by atoms with van der Waals surface area (Å²) in [5.74, 6) is 0.353. The van der Waals surface area contributed by atoms with Crippen molar-refractivity contribution in [3.8, 4) is 0 Å². The lowest BCUT2D eigenvalue weighted by atomic mass is 10.2. The average Bonchev–Trinajstić information content (AvgIpc) is 2.04. The van der Waals surface area contributed by atoms with Gasteiger partial charge in [0.25, 0.3) is 0 Å². The van der Waals surface area contributed by atoms with Crippen LogP contribution in [0.4, 0.5) is 0 Å². The second-order valence-electron chi connectivity index (χ2n) is 2.95. The Morgan fingerprint density at radius 3 is 2.00 bits per heavy atom. The quantitative estimate of drug-likeness (QED) is 0.645. The molecule has 0 aliphatic heterocycles. The minimum Gasteiger partial charge on any atom is -0.299 e. The average molecular weight is 220 g/mol. The van der Waals surface area contributed by atoms with Gasteiger partial charge in [0.1, 0.15) is 11.6 Å². The van der Waals surface area contributed by atoms with Gasteiger partial charge in [0.05, 0.1) is 10.5 Å². The van der Waals surface area contributed by atoms with E-state index in [2.05, 4.69) is 0 Å². The van der Waals surface area contributed by atoms with Gasteiger partial charge in [-0.25, -0.2) is 0 Å².